The zero-order valence-electron chi connectivity index (χ0n) is 8.35. The second-order valence-corrected chi connectivity index (χ2v) is 3.50. The van der Waals surface area contributed by atoms with Crippen molar-refractivity contribution < 1.29 is 19.8 Å². The van der Waals surface area contributed by atoms with Gasteiger partial charge in [0, 0.05) is 18.4 Å². The van der Waals surface area contributed by atoms with Gasteiger partial charge >= 0.3 is 5.97 Å². The summed E-state index contributed by atoms with van der Waals surface area (Å²) >= 11 is 0. The van der Waals surface area contributed by atoms with Crippen LogP contribution in [0.5, 0.6) is 0 Å². The minimum Gasteiger partial charge on any atom is -0.481 e. The maximum absolute atomic E-state index is 11.2. The van der Waals surface area contributed by atoms with Crippen LogP contribution in [0.3, 0.4) is 0 Å². The molecule has 0 aromatic rings. The summed E-state index contributed by atoms with van der Waals surface area (Å²) in [4.78, 5) is 21.4. The lowest BCUT2D eigenvalue weighted by Crippen LogP contribution is -2.00. The number of hydrogen-bond acceptors (Lipinski definition) is 3. The third-order valence-corrected chi connectivity index (χ3v) is 2.15. The Balaban J connectivity index is 2.29. The Hall–Kier alpha value is -1.42. The SMILES string of the molecule is O=C(O)CCCC=CC1=CC(O)CC1=O. The zero-order valence-corrected chi connectivity index (χ0v) is 8.35. The lowest BCUT2D eigenvalue weighted by molar-refractivity contribution is -0.137. The van der Waals surface area contributed by atoms with E-state index in [2.05, 4.69) is 0 Å². The third kappa shape index (κ3) is 4.08. The van der Waals surface area contributed by atoms with Gasteiger partial charge in [0.25, 0.3) is 0 Å². The number of hydrogen-bond donors (Lipinski definition) is 2. The van der Waals surface area contributed by atoms with Crippen LogP contribution in [0.15, 0.2) is 23.8 Å². The molecule has 0 bridgehead atoms. The monoisotopic (exact) mass is 210 g/mol. The van der Waals surface area contributed by atoms with Crippen LogP contribution in [0.1, 0.15) is 25.7 Å². The Morgan fingerprint density at radius 2 is 2.33 bits per heavy atom. The van der Waals surface area contributed by atoms with E-state index in [0.29, 0.717) is 18.4 Å². The van der Waals surface area contributed by atoms with Crippen LogP contribution in [-0.2, 0) is 9.59 Å². The highest BCUT2D eigenvalue weighted by molar-refractivity contribution is 6.00. The number of rotatable bonds is 5. The molecule has 0 aromatic heterocycles. The summed E-state index contributed by atoms with van der Waals surface area (Å²) in [7, 11) is 0. The summed E-state index contributed by atoms with van der Waals surface area (Å²) in [5, 5.41) is 17.5. The number of ketones is 1. The number of allylic oxidation sites excluding steroid dienone is 3. The summed E-state index contributed by atoms with van der Waals surface area (Å²) in [5.41, 5.74) is 0.526. The second kappa shape index (κ2) is 5.46. The van der Waals surface area contributed by atoms with Gasteiger partial charge in [-0.1, -0.05) is 12.2 Å². The van der Waals surface area contributed by atoms with Crippen LogP contribution in [0, 0.1) is 0 Å². The standard InChI is InChI=1S/C11H14O4/c12-9-6-8(10(13)7-9)4-2-1-3-5-11(14)15/h2,4,6,9,12H,1,3,5,7H2,(H,14,15). The van der Waals surface area contributed by atoms with Crippen molar-refractivity contribution in [3.05, 3.63) is 23.8 Å². The molecule has 0 saturated carbocycles. The molecular formula is C11H14O4. The van der Waals surface area contributed by atoms with E-state index in [1.54, 1.807) is 12.2 Å². The van der Waals surface area contributed by atoms with E-state index in [-0.39, 0.29) is 18.6 Å². The number of carboxylic acid groups (broad SMARTS) is 1. The minimum absolute atomic E-state index is 0.0583. The van der Waals surface area contributed by atoms with Crippen LogP contribution >= 0.6 is 0 Å². The van der Waals surface area contributed by atoms with Gasteiger partial charge in [-0.2, -0.15) is 0 Å². The molecule has 0 fully saturated rings. The van der Waals surface area contributed by atoms with Gasteiger partial charge in [-0.3, -0.25) is 9.59 Å². The van der Waals surface area contributed by atoms with Gasteiger partial charge in [0.15, 0.2) is 5.78 Å². The minimum atomic E-state index is -0.810. The van der Waals surface area contributed by atoms with E-state index in [9.17, 15) is 9.59 Å². The van der Waals surface area contributed by atoms with Crippen molar-refractivity contribution in [2.75, 3.05) is 0 Å². The van der Waals surface area contributed by atoms with Gasteiger partial charge in [0.05, 0.1) is 6.10 Å². The smallest absolute Gasteiger partial charge is 0.303 e. The molecule has 4 heteroatoms. The highest BCUT2D eigenvalue weighted by Crippen LogP contribution is 2.16. The van der Waals surface area contributed by atoms with Crippen molar-refractivity contribution in [3.8, 4) is 0 Å². The third-order valence-electron chi connectivity index (χ3n) is 2.15. The number of carbonyl (C=O) groups excluding carboxylic acids is 1. The van der Waals surface area contributed by atoms with Gasteiger partial charge < -0.3 is 10.2 Å². The molecule has 1 aliphatic carbocycles. The van der Waals surface area contributed by atoms with Crippen molar-refractivity contribution in [3.63, 3.8) is 0 Å². The number of carbonyl (C=O) groups is 2. The van der Waals surface area contributed by atoms with Crippen molar-refractivity contribution in [2.24, 2.45) is 0 Å². The largest absolute Gasteiger partial charge is 0.481 e. The molecule has 1 atom stereocenters. The second-order valence-electron chi connectivity index (χ2n) is 3.50. The van der Waals surface area contributed by atoms with Crippen LogP contribution in [-0.4, -0.2) is 28.1 Å². The van der Waals surface area contributed by atoms with Gasteiger partial charge in [0.2, 0.25) is 0 Å². The first kappa shape index (κ1) is 11.7. The normalized spacial score (nSPS) is 21.0. The van der Waals surface area contributed by atoms with Gasteiger partial charge in [-0.05, 0) is 18.9 Å². The fourth-order valence-corrected chi connectivity index (χ4v) is 1.40. The van der Waals surface area contributed by atoms with Crippen LogP contribution in [0.4, 0.5) is 0 Å². The molecule has 1 unspecified atom stereocenters. The van der Waals surface area contributed by atoms with Crippen LogP contribution < -0.4 is 0 Å². The highest BCUT2D eigenvalue weighted by Gasteiger charge is 2.19. The molecule has 0 saturated heterocycles. The molecule has 0 amide bonds. The van der Waals surface area contributed by atoms with Crippen LogP contribution in [0.25, 0.3) is 0 Å². The fraction of sp³-hybridized carbons (Fsp3) is 0.455. The van der Waals surface area contributed by atoms with E-state index >= 15 is 0 Å². The van der Waals surface area contributed by atoms with Crippen molar-refractivity contribution >= 4 is 11.8 Å². The molecule has 82 valence electrons. The first-order valence-electron chi connectivity index (χ1n) is 4.91. The van der Waals surface area contributed by atoms with Crippen molar-refractivity contribution in [1.82, 2.24) is 0 Å². The molecule has 15 heavy (non-hydrogen) atoms. The molecule has 2 N–H and O–H groups in total. The quantitative estimate of drug-likeness (QED) is 0.665. The van der Waals surface area contributed by atoms with E-state index in [1.165, 1.54) is 6.08 Å². The van der Waals surface area contributed by atoms with Gasteiger partial charge in [-0.25, -0.2) is 0 Å². The van der Waals surface area contributed by atoms with E-state index in [0.717, 1.165) is 0 Å². The molecule has 0 heterocycles. The summed E-state index contributed by atoms with van der Waals surface area (Å²) in [5.74, 6) is -0.869. The van der Waals surface area contributed by atoms with Crippen molar-refractivity contribution in [2.45, 2.75) is 31.8 Å². The number of aliphatic hydroxyl groups excluding tert-OH is 1. The highest BCUT2D eigenvalue weighted by atomic mass is 16.4. The lowest BCUT2D eigenvalue weighted by atomic mass is 10.1. The Morgan fingerprint density at radius 1 is 1.60 bits per heavy atom. The summed E-state index contributed by atoms with van der Waals surface area (Å²) < 4.78 is 0. The summed E-state index contributed by atoms with van der Waals surface area (Å²) in [6.07, 6.45) is 5.79. The molecule has 4 nitrogen and oxygen atoms in total. The molecule has 1 aliphatic rings. The van der Waals surface area contributed by atoms with E-state index < -0.39 is 12.1 Å². The molecule has 1 rings (SSSR count). The average molecular weight is 210 g/mol. The maximum Gasteiger partial charge on any atom is 0.303 e. The van der Waals surface area contributed by atoms with E-state index in [4.69, 9.17) is 10.2 Å². The topological polar surface area (TPSA) is 74.6 Å². The Labute approximate surface area is 87.9 Å². The Morgan fingerprint density at radius 3 is 2.87 bits per heavy atom. The first-order chi connectivity index (χ1) is 7.09. The average Bonchev–Trinajstić information content (AvgIpc) is 2.44. The molecule has 0 aliphatic heterocycles. The Kier molecular flexibility index (Phi) is 4.24. The Bertz CT molecular complexity index is 315. The summed E-state index contributed by atoms with van der Waals surface area (Å²) in [6.45, 7) is 0. The predicted molar refractivity (Wildman–Crippen MR) is 54.3 cm³/mol. The predicted octanol–water partition coefficient (Wildman–Crippen LogP) is 1.06. The lowest BCUT2D eigenvalue weighted by Gasteiger charge is -1.92. The molecular weight excluding hydrogens is 196 g/mol. The number of carboxylic acids is 1. The molecule has 0 spiro atoms. The number of aliphatic carboxylic acids is 1. The van der Waals surface area contributed by atoms with Gasteiger partial charge in [-0.15, -0.1) is 0 Å². The fourth-order valence-electron chi connectivity index (χ4n) is 1.40. The van der Waals surface area contributed by atoms with Crippen molar-refractivity contribution in [1.29, 1.82) is 0 Å². The molecule has 0 radical (unpaired) electrons. The number of aliphatic hydroxyl groups is 1. The maximum atomic E-state index is 11.2. The first-order valence-corrected chi connectivity index (χ1v) is 4.91. The zero-order chi connectivity index (χ0) is 11.3. The van der Waals surface area contributed by atoms with Crippen LogP contribution in [0.2, 0.25) is 0 Å². The van der Waals surface area contributed by atoms with Gasteiger partial charge in [0.1, 0.15) is 0 Å². The number of Topliss-reactive ketones (excluding diaryl/α,β-unsaturated/α-hetero) is 1. The van der Waals surface area contributed by atoms with E-state index in [1.807, 2.05) is 0 Å². The summed E-state index contributed by atoms with van der Waals surface area (Å²) in [6, 6.07) is 0. The molecule has 0 aromatic carbocycles. The number of unbranched alkanes of at least 4 members (excludes halogenated alkanes) is 1.